The summed E-state index contributed by atoms with van der Waals surface area (Å²) in [6, 6.07) is 2.06. The minimum absolute atomic E-state index is 0.0548. The van der Waals surface area contributed by atoms with Crippen LogP contribution < -0.4 is 5.32 Å². The van der Waals surface area contributed by atoms with Gasteiger partial charge in [0.15, 0.2) is 0 Å². The van der Waals surface area contributed by atoms with E-state index >= 15 is 0 Å². The number of hydrogen-bond acceptors (Lipinski definition) is 3. The van der Waals surface area contributed by atoms with Gasteiger partial charge in [0.1, 0.15) is 0 Å². The predicted octanol–water partition coefficient (Wildman–Crippen LogP) is 3.46. The van der Waals surface area contributed by atoms with Gasteiger partial charge in [-0.2, -0.15) is 0 Å². The maximum absolute atomic E-state index is 12.3. The summed E-state index contributed by atoms with van der Waals surface area (Å²) < 4.78 is 0. The molecule has 1 aliphatic carbocycles. The highest BCUT2D eigenvalue weighted by Gasteiger charge is 2.32. The molecule has 114 valence electrons. The number of aryl methyl sites for hydroxylation is 1. The van der Waals surface area contributed by atoms with Crippen molar-refractivity contribution in [2.75, 3.05) is 0 Å². The Balaban J connectivity index is 2.03. The molecule has 1 saturated carbocycles. The molecule has 4 nitrogen and oxygen atoms in total. The molecule has 1 aromatic rings. The van der Waals surface area contributed by atoms with E-state index in [9.17, 15) is 9.59 Å². The number of hydrogen-bond donors (Lipinski definition) is 2. The zero-order valence-electron chi connectivity index (χ0n) is 12.6. The zero-order valence-corrected chi connectivity index (χ0v) is 13.4. The van der Waals surface area contributed by atoms with Crippen LogP contribution in [0, 0.1) is 12.3 Å². The largest absolute Gasteiger partial charge is 0.478 e. The number of aliphatic carboxylic acids is 1. The first kappa shape index (κ1) is 15.8. The average molecular weight is 307 g/mol. The van der Waals surface area contributed by atoms with E-state index < -0.39 is 5.97 Å². The van der Waals surface area contributed by atoms with Crippen LogP contribution >= 0.6 is 11.3 Å². The second kappa shape index (κ2) is 6.02. The quantitative estimate of drug-likeness (QED) is 0.837. The van der Waals surface area contributed by atoms with Gasteiger partial charge in [-0.15, -0.1) is 11.3 Å². The van der Waals surface area contributed by atoms with Crippen molar-refractivity contribution < 1.29 is 14.7 Å². The second-order valence-electron chi connectivity index (χ2n) is 6.41. The second-order valence-corrected chi connectivity index (χ2v) is 7.49. The summed E-state index contributed by atoms with van der Waals surface area (Å²) in [5.41, 5.74) is 1.23. The van der Waals surface area contributed by atoms with Crippen LogP contribution in [0.3, 0.4) is 0 Å². The van der Waals surface area contributed by atoms with Crippen LogP contribution in [0.25, 0.3) is 6.08 Å². The number of carbonyl (C=O) groups excluding carboxylic acids is 1. The minimum atomic E-state index is -0.984. The third-order valence-electron chi connectivity index (χ3n) is 3.86. The number of rotatable bonds is 4. The molecule has 1 fully saturated rings. The molecule has 1 heterocycles. The van der Waals surface area contributed by atoms with Crippen molar-refractivity contribution >= 4 is 29.3 Å². The maximum Gasteiger partial charge on any atom is 0.328 e. The first-order valence-corrected chi connectivity index (χ1v) is 7.91. The Labute approximate surface area is 128 Å². The summed E-state index contributed by atoms with van der Waals surface area (Å²) in [5.74, 6) is -1.04. The number of carboxylic acid groups (broad SMARTS) is 1. The van der Waals surface area contributed by atoms with Crippen LogP contribution in [0.4, 0.5) is 0 Å². The van der Waals surface area contributed by atoms with Crippen molar-refractivity contribution in [2.24, 2.45) is 5.41 Å². The van der Waals surface area contributed by atoms with Crippen LogP contribution in [0.1, 0.15) is 53.2 Å². The van der Waals surface area contributed by atoms with Gasteiger partial charge >= 0.3 is 5.97 Å². The lowest BCUT2D eigenvalue weighted by Gasteiger charge is -2.17. The molecule has 0 bridgehead atoms. The van der Waals surface area contributed by atoms with Crippen molar-refractivity contribution in [2.45, 2.75) is 46.1 Å². The third-order valence-corrected chi connectivity index (χ3v) is 5.06. The number of carboxylic acids is 1. The number of amides is 1. The highest BCUT2D eigenvalue weighted by Crippen LogP contribution is 2.37. The average Bonchev–Trinajstić information content (AvgIpc) is 2.90. The molecule has 0 aliphatic heterocycles. The van der Waals surface area contributed by atoms with Crippen LogP contribution in [0.2, 0.25) is 0 Å². The summed E-state index contributed by atoms with van der Waals surface area (Å²) in [6.07, 6.45) is 5.80. The van der Waals surface area contributed by atoms with Crippen LogP contribution in [0.5, 0.6) is 0 Å². The SMILES string of the molecule is Cc1cc(C(=O)NC2CCC(C)(C)C2)sc1/C=C/C(=O)O. The summed E-state index contributed by atoms with van der Waals surface area (Å²) in [5, 5.41) is 11.7. The molecule has 1 aliphatic rings. The lowest BCUT2D eigenvalue weighted by molar-refractivity contribution is -0.131. The summed E-state index contributed by atoms with van der Waals surface area (Å²) in [6.45, 7) is 6.33. The molecule has 0 spiro atoms. The van der Waals surface area contributed by atoms with Gasteiger partial charge < -0.3 is 10.4 Å². The van der Waals surface area contributed by atoms with Crippen molar-refractivity contribution in [3.05, 3.63) is 27.5 Å². The molecule has 5 heteroatoms. The molecule has 1 unspecified atom stereocenters. The smallest absolute Gasteiger partial charge is 0.328 e. The lowest BCUT2D eigenvalue weighted by atomic mass is 9.92. The first-order valence-electron chi connectivity index (χ1n) is 7.09. The standard InChI is InChI=1S/C16H21NO3S/c1-10-8-13(21-12(10)4-5-14(18)19)15(20)17-11-6-7-16(2,3)9-11/h4-5,8,11H,6-7,9H2,1-3H3,(H,17,20)(H,18,19)/b5-4+. The first-order chi connectivity index (χ1) is 9.77. The normalized spacial score (nSPS) is 20.8. The Morgan fingerprint density at radius 2 is 2.19 bits per heavy atom. The van der Waals surface area contributed by atoms with Crippen molar-refractivity contribution in [3.8, 4) is 0 Å². The van der Waals surface area contributed by atoms with E-state index in [0.29, 0.717) is 10.3 Å². The van der Waals surface area contributed by atoms with Crippen molar-refractivity contribution in [1.82, 2.24) is 5.32 Å². The molecule has 0 radical (unpaired) electrons. The van der Waals surface area contributed by atoms with Crippen molar-refractivity contribution in [3.63, 3.8) is 0 Å². The molecule has 0 aromatic carbocycles. The fraction of sp³-hybridized carbons (Fsp3) is 0.500. The van der Waals surface area contributed by atoms with Crippen LogP contribution in [0.15, 0.2) is 12.1 Å². The Kier molecular flexibility index (Phi) is 4.52. The van der Waals surface area contributed by atoms with Gasteiger partial charge in [-0.1, -0.05) is 13.8 Å². The molecule has 0 saturated heterocycles. The minimum Gasteiger partial charge on any atom is -0.478 e. The molecule has 2 N–H and O–H groups in total. The molecule has 21 heavy (non-hydrogen) atoms. The monoisotopic (exact) mass is 307 g/mol. The fourth-order valence-electron chi connectivity index (χ4n) is 2.74. The van der Waals surface area contributed by atoms with E-state index in [1.54, 1.807) is 0 Å². The van der Waals surface area contributed by atoms with E-state index in [0.717, 1.165) is 35.8 Å². The summed E-state index contributed by atoms with van der Waals surface area (Å²) in [4.78, 5) is 24.3. The highest BCUT2D eigenvalue weighted by molar-refractivity contribution is 7.15. The van der Waals surface area contributed by atoms with Gasteiger partial charge in [0.05, 0.1) is 4.88 Å². The van der Waals surface area contributed by atoms with Gasteiger partial charge in [-0.25, -0.2) is 4.79 Å². The highest BCUT2D eigenvalue weighted by atomic mass is 32.1. The zero-order chi connectivity index (χ0) is 15.6. The Hall–Kier alpha value is -1.62. The Morgan fingerprint density at radius 3 is 2.76 bits per heavy atom. The number of carbonyl (C=O) groups is 2. The lowest BCUT2D eigenvalue weighted by Crippen LogP contribution is -2.33. The van der Waals surface area contributed by atoms with Gasteiger partial charge in [-0.05, 0) is 49.3 Å². The van der Waals surface area contributed by atoms with E-state index in [1.807, 2.05) is 13.0 Å². The van der Waals surface area contributed by atoms with Gasteiger partial charge in [0.2, 0.25) is 0 Å². The molecular weight excluding hydrogens is 286 g/mol. The molecule has 1 aromatic heterocycles. The maximum atomic E-state index is 12.3. The third kappa shape index (κ3) is 4.17. The van der Waals surface area contributed by atoms with Crippen LogP contribution in [-0.2, 0) is 4.79 Å². The topological polar surface area (TPSA) is 66.4 Å². The van der Waals surface area contributed by atoms with Crippen molar-refractivity contribution in [1.29, 1.82) is 0 Å². The van der Waals surface area contributed by atoms with E-state index in [-0.39, 0.29) is 11.9 Å². The fourth-order valence-corrected chi connectivity index (χ4v) is 3.72. The van der Waals surface area contributed by atoms with Gasteiger partial charge in [0, 0.05) is 17.0 Å². The van der Waals surface area contributed by atoms with Gasteiger partial charge in [-0.3, -0.25) is 4.79 Å². The number of thiophene rings is 1. The van der Waals surface area contributed by atoms with Crippen LogP contribution in [-0.4, -0.2) is 23.0 Å². The molecular formula is C16H21NO3S. The molecule has 1 amide bonds. The van der Waals surface area contributed by atoms with E-state index in [4.69, 9.17) is 5.11 Å². The molecule has 1 atom stereocenters. The summed E-state index contributed by atoms with van der Waals surface area (Å²) >= 11 is 1.33. The van der Waals surface area contributed by atoms with Gasteiger partial charge in [0.25, 0.3) is 5.91 Å². The van der Waals surface area contributed by atoms with E-state index in [2.05, 4.69) is 19.2 Å². The predicted molar refractivity (Wildman–Crippen MR) is 84.6 cm³/mol. The van der Waals surface area contributed by atoms with E-state index in [1.165, 1.54) is 17.4 Å². The Bertz CT molecular complexity index is 586. The number of nitrogens with one attached hydrogen (secondary N) is 1. The Morgan fingerprint density at radius 1 is 1.48 bits per heavy atom. The summed E-state index contributed by atoms with van der Waals surface area (Å²) in [7, 11) is 0. The molecule has 2 rings (SSSR count).